The first-order chi connectivity index (χ1) is 12.5. The number of amides is 3. The van der Waals surface area contributed by atoms with E-state index in [4.69, 9.17) is 5.11 Å². The molecule has 0 spiro atoms. The van der Waals surface area contributed by atoms with Gasteiger partial charge in [-0.1, -0.05) is 31.4 Å². The van der Waals surface area contributed by atoms with Crippen molar-refractivity contribution in [1.82, 2.24) is 10.2 Å². The molecule has 0 unspecified atom stereocenters. The number of carboxylic acid groups (broad SMARTS) is 1. The van der Waals surface area contributed by atoms with Crippen LogP contribution in [0.4, 0.5) is 10.5 Å². The van der Waals surface area contributed by atoms with E-state index in [1.165, 1.54) is 6.42 Å². The molecule has 0 radical (unpaired) electrons. The van der Waals surface area contributed by atoms with E-state index in [0.717, 1.165) is 25.7 Å². The number of hydrogen-bond donors (Lipinski definition) is 3. The Morgan fingerprint density at radius 2 is 1.85 bits per heavy atom. The van der Waals surface area contributed by atoms with Crippen LogP contribution in [0.3, 0.4) is 0 Å². The highest BCUT2D eigenvalue weighted by molar-refractivity contribution is 6.03. The normalized spacial score (nSPS) is 14.5. The van der Waals surface area contributed by atoms with E-state index < -0.39 is 12.0 Å². The first-order valence-corrected chi connectivity index (χ1v) is 9.12. The van der Waals surface area contributed by atoms with Gasteiger partial charge in [0.05, 0.1) is 11.3 Å². The summed E-state index contributed by atoms with van der Waals surface area (Å²) in [5.74, 6) is -0.993. The minimum Gasteiger partial charge on any atom is -0.481 e. The number of nitrogens with one attached hydrogen (secondary N) is 2. The van der Waals surface area contributed by atoms with Crippen molar-refractivity contribution in [2.45, 2.75) is 51.0 Å². The zero-order valence-electron chi connectivity index (χ0n) is 15.2. The molecular weight excluding hydrogens is 334 g/mol. The Bertz CT molecular complexity index is 641. The molecule has 26 heavy (non-hydrogen) atoms. The molecule has 0 aromatic heterocycles. The fourth-order valence-corrected chi connectivity index (χ4v) is 3.21. The van der Waals surface area contributed by atoms with Crippen molar-refractivity contribution in [3.05, 3.63) is 29.8 Å². The van der Waals surface area contributed by atoms with Gasteiger partial charge in [-0.3, -0.25) is 9.59 Å². The number of hydrogen-bond acceptors (Lipinski definition) is 3. The molecule has 0 atom stereocenters. The summed E-state index contributed by atoms with van der Waals surface area (Å²) < 4.78 is 0. The lowest BCUT2D eigenvalue weighted by atomic mass is 9.94. The van der Waals surface area contributed by atoms with E-state index in [1.54, 1.807) is 29.2 Å². The average Bonchev–Trinajstić information content (AvgIpc) is 2.65. The number of carboxylic acids is 1. The monoisotopic (exact) mass is 361 g/mol. The topological polar surface area (TPSA) is 98.7 Å². The molecule has 0 heterocycles. The molecule has 0 saturated heterocycles. The van der Waals surface area contributed by atoms with Crippen LogP contribution in [0, 0.1) is 0 Å². The Labute approximate surface area is 153 Å². The van der Waals surface area contributed by atoms with Crippen LogP contribution >= 0.6 is 0 Å². The highest BCUT2D eigenvalue weighted by Crippen LogP contribution is 2.24. The minimum atomic E-state index is -0.895. The van der Waals surface area contributed by atoms with Gasteiger partial charge in [0, 0.05) is 26.1 Å². The van der Waals surface area contributed by atoms with E-state index in [0.29, 0.717) is 17.7 Å². The number of carbonyl (C=O) groups excluding carboxylic acids is 2. The number of anilines is 1. The molecule has 2 rings (SSSR count). The molecule has 3 N–H and O–H groups in total. The Hall–Kier alpha value is -2.57. The Balaban J connectivity index is 1.96. The molecule has 1 aromatic rings. The fourth-order valence-electron chi connectivity index (χ4n) is 3.21. The molecule has 0 aliphatic heterocycles. The lowest BCUT2D eigenvalue weighted by molar-refractivity contribution is -0.137. The maximum atomic E-state index is 12.9. The summed E-state index contributed by atoms with van der Waals surface area (Å²) in [6.07, 6.45) is 5.89. The maximum Gasteiger partial charge on any atom is 0.319 e. The van der Waals surface area contributed by atoms with Crippen LogP contribution in [0.25, 0.3) is 0 Å². The molecule has 3 amide bonds. The molecular formula is C19H27N3O4. The van der Waals surface area contributed by atoms with Gasteiger partial charge in [0.25, 0.3) is 5.91 Å². The predicted molar refractivity (Wildman–Crippen MR) is 99.3 cm³/mol. The minimum absolute atomic E-state index is 0.00152. The molecule has 7 heteroatoms. The Morgan fingerprint density at radius 1 is 1.15 bits per heavy atom. The fraction of sp³-hybridized carbons (Fsp3) is 0.526. The standard InChI is InChI=1S/C19H27N3O4/c1-22(14-8-3-2-4-9-14)18(25)15-10-5-6-11-16(15)21-19(26)20-13-7-12-17(23)24/h5-6,10-11,14H,2-4,7-9,12-13H2,1H3,(H,23,24)(H2,20,21,26). The third kappa shape index (κ3) is 5.75. The quantitative estimate of drug-likeness (QED) is 0.650. The molecule has 1 fully saturated rings. The number of urea groups is 1. The van der Waals surface area contributed by atoms with Crippen molar-refractivity contribution in [2.24, 2.45) is 0 Å². The second-order valence-electron chi connectivity index (χ2n) is 6.63. The van der Waals surface area contributed by atoms with Crippen LogP contribution in [-0.2, 0) is 4.79 Å². The van der Waals surface area contributed by atoms with Gasteiger partial charge in [0.1, 0.15) is 0 Å². The SMILES string of the molecule is CN(C(=O)c1ccccc1NC(=O)NCCCC(=O)O)C1CCCCC1. The summed E-state index contributed by atoms with van der Waals surface area (Å²) in [5.41, 5.74) is 0.914. The number of carbonyl (C=O) groups is 3. The van der Waals surface area contributed by atoms with Gasteiger partial charge in [-0.25, -0.2) is 4.79 Å². The summed E-state index contributed by atoms with van der Waals surface area (Å²) in [7, 11) is 1.82. The molecule has 1 aliphatic rings. The lowest BCUT2D eigenvalue weighted by Gasteiger charge is -2.31. The predicted octanol–water partition coefficient (Wildman–Crippen LogP) is 3.08. The van der Waals surface area contributed by atoms with Gasteiger partial charge in [0.15, 0.2) is 0 Å². The van der Waals surface area contributed by atoms with Crippen molar-refractivity contribution < 1.29 is 19.5 Å². The third-order valence-electron chi connectivity index (χ3n) is 4.70. The van der Waals surface area contributed by atoms with Crippen molar-refractivity contribution in [1.29, 1.82) is 0 Å². The van der Waals surface area contributed by atoms with Crippen LogP contribution in [0.5, 0.6) is 0 Å². The molecule has 1 aliphatic carbocycles. The number of benzene rings is 1. The third-order valence-corrected chi connectivity index (χ3v) is 4.70. The van der Waals surface area contributed by atoms with Crippen molar-refractivity contribution in [2.75, 3.05) is 18.9 Å². The lowest BCUT2D eigenvalue weighted by Crippen LogP contribution is -2.39. The van der Waals surface area contributed by atoms with Crippen molar-refractivity contribution in [3.8, 4) is 0 Å². The zero-order valence-corrected chi connectivity index (χ0v) is 15.2. The molecule has 1 saturated carbocycles. The van der Waals surface area contributed by atoms with Crippen LogP contribution < -0.4 is 10.6 Å². The summed E-state index contributed by atoms with van der Waals surface area (Å²) in [6, 6.07) is 6.74. The average molecular weight is 361 g/mol. The number of rotatable bonds is 7. The van der Waals surface area contributed by atoms with Crippen molar-refractivity contribution in [3.63, 3.8) is 0 Å². The number of aliphatic carboxylic acids is 1. The smallest absolute Gasteiger partial charge is 0.319 e. The van der Waals surface area contributed by atoms with Gasteiger partial charge in [0.2, 0.25) is 0 Å². The van der Waals surface area contributed by atoms with Gasteiger partial charge in [-0.15, -0.1) is 0 Å². The van der Waals surface area contributed by atoms with Crippen LogP contribution in [0.2, 0.25) is 0 Å². The van der Waals surface area contributed by atoms with Crippen LogP contribution in [0.15, 0.2) is 24.3 Å². The molecule has 142 valence electrons. The zero-order chi connectivity index (χ0) is 18.9. The highest BCUT2D eigenvalue weighted by Gasteiger charge is 2.24. The van der Waals surface area contributed by atoms with Gasteiger partial charge in [-0.05, 0) is 31.4 Å². The van der Waals surface area contributed by atoms with E-state index in [1.807, 2.05) is 7.05 Å². The summed E-state index contributed by atoms with van der Waals surface area (Å²) in [4.78, 5) is 37.1. The van der Waals surface area contributed by atoms with Gasteiger partial charge < -0.3 is 20.6 Å². The molecule has 1 aromatic carbocycles. The van der Waals surface area contributed by atoms with Gasteiger partial charge >= 0.3 is 12.0 Å². The largest absolute Gasteiger partial charge is 0.481 e. The first-order valence-electron chi connectivity index (χ1n) is 9.12. The second-order valence-corrected chi connectivity index (χ2v) is 6.63. The molecule has 0 bridgehead atoms. The highest BCUT2D eigenvalue weighted by atomic mass is 16.4. The van der Waals surface area contributed by atoms with Gasteiger partial charge in [-0.2, -0.15) is 0 Å². The first kappa shape index (κ1) is 19.8. The van der Waals surface area contributed by atoms with Crippen LogP contribution in [-0.4, -0.2) is 47.5 Å². The summed E-state index contributed by atoms with van der Waals surface area (Å²) in [6.45, 7) is 0.260. The Kier molecular flexibility index (Phi) is 7.44. The van der Waals surface area contributed by atoms with E-state index in [9.17, 15) is 14.4 Å². The van der Waals surface area contributed by atoms with E-state index >= 15 is 0 Å². The van der Waals surface area contributed by atoms with E-state index in [2.05, 4.69) is 10.6 Å². The van der Waals surface area contributed by atoms with Crippen LogP contribution in [0.1, 0.15) is 55.3 Å². The Morgan fingerprint density at radius 3 is 2.54 bits per heavy atom. The summed E-state index contributed by atoms with van der Waals surface area (Å²) in [5, 5.41) is 13.9. The summed E-state index contributed by atoms with van der Waals surface area (Å²) >= 11 is 0. The van der Waals surface area contributed by atoms with E-state index in [-0.39, 0.29) is 24.9 Å². The number of para-hydroxylation sites is 1. The molecule has 7 nitrogen and oxygen atoms in total. The maximum absolute atomic E-state index is 12.9. The van der Waals surface area contributed by atoms with Crippen molar-refractivity contribution >= 4 is 23.6 Å². The second kappa shape index (κ2) is 9.79. The number of nitrogens with zero attached hydrogens (tertiary/aromatic N) is 1.